The molecule has 11 nitrogen and oxygen atoms in total. The minimum absolute atomic E-state index is 0.0730. The second kappa shape index (κ2) is 15.9. The topological polar surface area (TPSA) is 174 Å². The number of thioether (sulfide) groups is 1. The standard InChI is InChI=1S/C24H45N3O8S/c1-13(2)11-16(12-18(29)19(15(4)28)27-23(34)35-24(5,6)7)21(31)25-14(3)20(30)26-17(22(32)33)9-10-36-8/h13-19,28-29H,9-12H2,1-8H3,(H,25,31)(H,26,30)(H,27,34)(H,32,33)/t14-,15+,16+,17-,18+,19-/m0/s1. The van der Waals surface area contributed by atoms with E-state index in [4.69, 9.17) is 4.74 Å². The number of aliphatic hydroxyl groups excluding tert-OH is 2. The van der Waals surface area contributed by atoms with Crippen LogP contribution in [0.4, 0.5) is 4.79 Å². The molecule has 0 heterocycles. The smallest absolute Gasteiger partial charge is 0.408 e. The van der Waals surface area contributed by atoms with Gasteiger partial charge in [0.2, 0.25) is 11.8 Å². The Hall–Kier alpha value is -2.05. The lowest BCUT2D eigenvalue weighted by Gasteiger charge is -2.31. The van der Waals surface area contributed by atoms with Gasteiger partial charge in [-0.2, -0.15) is 11.8 Å². The molecule has 36 heavy (non-hydrogen) atoms. The number of aliphatic hydroxyl groups is 2. The number of nitrogens with one attached hydrogen (secondary N) is 3. The normalized spacial score (nSPS) is 16.8. The first-order chi connectivity index (χ1) is 16.5. The van der Waals surface area contributed by atoms with Crippen LogP contribution in [-0.2, 0) is 19.1 Å². The van der Waals surface area contributed by atoms with Gasteiger partial charge in [0.1, 0.15) is 17.7 Å². The molecule has 6 atom stereocenters. The highest BCUT2D eigenvalue weighted by molar-refractivity contribution is 7.98. The molecule has 12 heteroatoms. The van der Waals surface area contributed by atoms with Crippen molar-refractivity contribution in [3.05, 3.63) is 0 Å². The molecule has 0 saturated carbocycles. The summed E-state index contributed by atoms with van der Waals surface area (Å²) in [6.45, 7) is 11.7. The van der Waals surface area contributed by atoms with Gasteiger partial charge >= 0.3 is 12.1 Å². The Bertz CT molecular complexity index is 727. The summed E-state index contributed by atoms with van der Waals surface area (Å²) in [6.07, 6.45) is -0.851. The average Bonchev–Trinajstić information content (AvgIpc) is 2.71. The number of aliphatic carboxylic acids is 1. The molecular weight excluding hydrogens is 490 g/mol. The Kier molecular flexibility index (Phi) is 15.0. The fraction of sp³-hybridized carbons (Fsp3) is 0.833. The van der Waals surface area contributed by atoms with Crippen LogP contribution in [-0.4, -0.2) is 87.1 Å². The zero-order valence-corrected chi connectivity index (χ0v) is 23.5. The number of carboxylic acids is 1. The van der Waals surface area contributed by atoms with E-state index in [9.17, 15) is 34.5 Å². The summed E-state index contributed by atoms with van der Waals surface area (Å²) >= 11 is 1.46. The van der Waals surface area contributed by atoms with E-state index in [1.165, 1.54) is 25.6 Å². The number of ether oxygens (including phenoxy) is 1. The molecule has 0 aliphatic heterocycles. The first kappa shape index (κ1) is 34.0. The van der Waals surface area contributed by atoms with E-state index < -0.39 is 65.7 Å². The Balaban J connectivity index is 5.35. The maximum Gasteiger partial charge on any atom is 0.408 e. The van der Waals surface area contributed by atoms with Crippen LogP contribution in [0.1, 0.15) is 67.7 Å². The monoisotopic (exact) mass is 535 g/mol. The largest absolute Gasteiger partial charge is 0.480 e. The maximum absolute atomic E-state index is 13.0. The van der Waals surface area contributed by atoms with Crippen LogP contribution in [0.5, 0.6) is 0 Å². The molecule has 0 saturated heterocycles. The molecule has 0 aromatic rings. The fourth-order valence-electron chi connectivity index (χ4n) is 3.49. The number of carbonyl (C=O) groups is 4. The summed E-state index contributed by atoms with van der Waals surface area (Å²) in [5.74, 6) is -2.39. The molecule has 0 rings (SSSR count). The van der Waals surface area contributed by atoms with E-state index in [0.717, 1.165) is 0 Å². The minimum atomic E-state index is -1.28. The number of alkyl carbamates (subject to hydrolysis) is 1. The average molecular weight is 536 g/mol. The Morgan fingerprint density at radius 2 is 1.50 bits per heavy atom. The van der Waals surface area contributed by atoms with Gasteiger partial charge in [0.25, 0.3) is 0 Å². The van der Waals surface area contributed by atoms with Crippen LogP contribution in [0.3, 0.4) is 0 Å². The van der Waals surface area contributed by atoms with Crippen molar-refractivity contribution in [2.45, 2.75) is 104 Å². The molecule has 3 amide bonds. The van der Waals surface area contributed by atoms with Gasteiger partial charge < -0.3 is 36.0 Å². The van der Waals surface area contributed by atoms with Crippen LogP contribution < -0.4 is 16.0 Å². The van der Waals surface area contributed by atoms with Crippen molar-refractivity contribution in [3.63, 3.8) is 0 Å². The van der Waals surface area contributed by atoms with Crippen LogP contribution in [0.15, 0.2) is 0 Å². The number of carboxylic acid groups (broad SMARTS) is 1. The highest BCUT2D eigenvalue weighted by atomic mass is 32.2. The van der Waals surface area contributed by atoms with Crippen molar-refractivity contribution in [1.82, 2.24) is 16.0 Å². The van der Waals surface area contributed by atoms with Gasteiger partial charge in [0, 0.05) is 5.92 Å². The molecule has 0 bridgehead atoms. The first-order valence-corrected chi connectivity index (χ1v) is 13.6. The van der Waals surface area contributed by atoms with Gasteiger partial charge in [-0.05, 0) is 71.8 Å². The molecule has 0 aromatic carbocycles. The lowest BCUT2D eigenvalue weighted by molar-refractivity contribution is -0.142. The van der Waals surface area contributed by atoms with Gasteiger partial charge in [0.05, 0.1) is 18.2 Å². The molecule has 0 aliphatic rings. The van der Waals surface area contributed by atoms with Crippen LogP contribution in [0.2, 0.25) is 0 Å². The van der Waals surface area contributed by atoms with E-state index in [-0.39, 0.29) is 18.8 Å². The number of amides is 3. The van der Waals surface area contributed by atoms with Crippen molar-refractivity contribution in [2.75, 3.05) is 12.0 Å². The number of hydrogen-bond acceptors (Lipinski definition) is 8. The lowest BCUT2D eigenvalue weighted by atomic mass is 9.88. The number of rotatable bonds is 15. The van der Waals surface area contributed by atoms with Crippen molar-refractivity contribution >= 4 is 35.6 Å². The molecule has 0 radical (unpaired) electrons. The number of hydrogen-bond donors (Lipinski definition) is 6. The van der Waals surface area contributed by atoms with E-state index in [2.05, 4.69) is 16.0 Å². The van der Waals surface area contributed by atoms with Crippen molar-refractivity contribution < 1.29 is 39.2 Å². The minimum Gasteiger partial charge on any atom is -0.480 e. The summed E-state index contributed by atoms with van der Waals surface area (Å²) in [5, 5.41) is 37.8. The zero-order chi connectivity index (χ0) is 28.2. The predicted octanol–water partition coefficient (Wildman–Crippen LogP) is 1.50. The molecule has 0 spiro atoms. The Morgan fingerprint density at radius 3 is 1.94 bits per heavy atom. The van der Waals surface area contributed by atoms with Crippen molar-refractivity contribution in [3.8, 4) is 0 Å². The second-order valence-corrected chi connectivity index (χ2v) is 11.4. The first-order valence-electron chi connectivity index (χ1n) is 12.2. The maximum atomic E-state index is 13.0. The molecule has 210 valence electrons. The summed E-state index contributed by atoms with van der Waals surface area (Å²) in [7, 11) is 0. The van der Waals surface area contributed by atoms with Gasteiger partial charge in [-0.3, -0.25) is 9.59 Å². The third kappa shape index (κ3) is 13.9. The third-order valence-electron chi connectivity index (χ3n) is 5.25. The molecule has 0 aromatic heterocycles. The summed E-state index contributed by atoms with van der Waals surface area (Å²) < 4.78 is 5.20. The highest BCUT2D eigenvalue weighted by Crippen LogP contribution is 2.21. The quantitative estimate of drug-likeness (QED) is 0.182. The SMILES string of the molecule is CSCC[C@H](NC(=O)[C@H](C)NC(=O)[C@H](CC(C)C)C[C@@H](O)[C@@H](NC(=O)OC(C)(C)C)[C@@H](C)O)C(=O)O. The van der Waals surface area contributed by atoms with Crippen molar-refractivity contribution in [2.24, 2.45) is 11.8 Å². The van der Waals surface area contributed by atoms with Gasteiger partial charge in [-0.15, -0.1) is 0 Å². The summed E-state index contributed by atoms with van der Waals surface area (Å²) in [5.41, 5.74) is -0.774. The second-order valence-electron chi connectivity index (χ2n) is 10.5. The van der Waals surface area contributed by atoms with Crippen LogP contribution >= 0.6 is 11.8 Å². The fourth-order valence-corrected chi connectivity index (χ4v) is 3.96. The lowest BCUT2D eigenvalue weighted by Crippen LogP contribution is -2.53. The van der Waals surface area contributed by atoms with Crippen LogP contribution in [0.25, 0.3) is 0 Å². The van der Waals surface area contributed by atoms with E-state index in [0.29, 0.717) is 12.2 Å². The van der Waals surface area contributed by atoms with Gasteiger partial charge in [-0.1, -0.05) is 13.8 Å². The molecule has 0 unspecified atom stereocenters. The molecular formula is C24H45N3O8S. The van der Waals surface area contributed by atoms with Crippen LogP contribution in [0, 0.1) is 11.8 Å². The zero-order valence-electron chi connectivity index (χ0n) is 22.7. The van der Waals surface area contributed by atoms with Gasteiger partial charge in [-0.25, -0.2) is 9.59 Å². The number of carbonyl (C=O) groups excluding carboxylic acids is 3. The summed E-state index contributed by atoms with van der Waals surface area (Å²) in [6, 6.07) is -3.16. The van der Waals surface area contributed by atoms with Gasteiger partial charge in [0.15, 0.2) is 0 Å². The van der Waals surface area contributed by atoms with E-state index in [1.54, 1.807) is 20.8 Å². The third-order valence-corrected chi connectivity index (χ3v) is 5.89. The Labute approximate surface area is 218 Å². The van der Waals surface area contributed by atoms with E-state index in [1.807, 2.05) is 20.1 Å². The predicted molar refractivity (Wildman–Crippen MR) is 139 cm³/mol. The van der Waals surface area contributed by atoms with E-state index >= 15 is 0 Å². The highest BCUT2D eigenvalue weighted by Gasteiger charge is 2.33. The molecule has 6 N–H and O–H groups in total. The molecule has 0 aliphatic carbocycles. The Morgan fingerprint density at radius 1 is 0.917 bits per heavy atom. The summed E-state index contributed by atoms with van der Waals surface area (Å²) in [4.78, 5) is 49.1. The van der Waals surface area contributed by atoms with Crippen molar-refractivity contribution in [1.29, 1.82) is 0 Å². The molecule has 0 fully saturated rings.